The van der Waals surface area contributed by atoms with Gasteiger partial charge in [-0.25, -0.2) is 9.97 Å². The van der Waals surface area contributed by atoms with Crippen molar-refractivity contribution in [2.75, 3.05) is 12.4 Å². The number of pyridine rings is 1. The maximum absolute atomic E-state index is 12.1. The Balaban J connectivity index is 1.88. The minimum atomic E-state index is -0.334. The average Bonchev–Trinajstić information content (AvgIpc) is 2.88. The molecule has 0 atom stereocenters. The van der Waals surface area contributed by atoms with Crippen LogP contribution in [0, 0.1) is 0 Å². The Hall–Kier alpha value is -2.18. The molecule has 0 bridgehead atoms. The van der Waals surface area contributed by atoms with Gasteiger partial charge in [0.15, 0.2) is 5.13 Å². The van der Waals surface area contributed by atoms with Crippen LogP contribution in [0.4, 0.5) is 5.13 Å². The Bertz CT molecular complexity index is 819. The van der Waals surface area contributed by atoms with Crippen molar-refractivity contribution in [3.8, 4) is 5.75 Å². The number of hydrogen-bond acceptors (Lipinski definition) is 5. The van der Waals surface area contributed by atoms with Gasteiger partial charge in [-0.05, 0) is 30.3 Å². The second kappa shape index (κ2) is 5.67. The van der Waals surface area contributed by atoms with Crippen LogP contribution in [0.2, 0.25) is 5.15 Å². The maximum atomic E-state index is 12.1. The van der Waals surface area contributed by atoms with Gasteiger partial charge in [-0.1, -0.05) is 22.9 Å². The molecule has 3 aromatic rings. The highest BCUT2D eigenvalue weighted by atomic mass is 35.5. The van der Waals surface area contributed by atoms with Crippen molar-refractivity contribution in [3.63, 3.8) is 0 Å². The summed E-state index contributed by atoms with van der Waals surface area (Å²) >= 11 is 7.27. The normalized spacial score (nSPS) is 10.6. The smallest absolute Gasteiger partial charge is 0.260 e. The lowest BCUT2D eigenvalue weighted by Gasteiger charge is -2.02. The molecule has 0 aliphatic rings. The topological polar surface area (TPSA) is 64.1 Å². The molecule has 1 aromatic carbocycles. The number of carbonyl (C=O) groups excluding carboxylic acids is 1. The van der Waals surface area contributed by atoms with Crippen LogP contribution in [0.15, 0.2) is 36.5 Å². The first-order valence-corrected chi connectivity index (χ1v) is 7.23. The van der Waals surface area contributed by atoms with Gasteiger partial charge in [-0.3, -0.25) is 10.1 Å². The summed E-state index contributed by atoms with van der Waals surface area (Å²) < 4.78 is 6.10. The fourth-order valence-corrected chi connectivity index (χ4v) is 2.90. The zero-order chi connectivity index (χ0) is 14.8. The number of carbonyl (C=O) groups is 1. The summed E-state index contributed by atoms with van der Waals surface area (Å²) in [6.07, 6.45) is 1.53. The summed E-state index contributed by atoms with van der Waals surface area (Å²) in [5.74, 6) is 0.415. The molecule has 1 N–H and O–H groups in total. The van der Waals surface area contributed by atoms with E-state index in [1.165, 1.54) is 17.5 Å². The predicted octanol–water partition coefficient (Wildman–Crippen LogP) is 3.61. The van der Waals surface area contributed by atoms with Crippen LogP contribution in [0.25, 0.3) is 10.2 Å². The van der Waals surface area contributed by atoms with E-state index in [0.29, 0.717) is 10.7 Å². The maximum Gasteiger partial charge on any atom is 0.260 e. The van der Waals surface area contributed by atoms with E-state index in [9.17, 15) is 4.79 Å². The third kappa shape index (κ3) is 2.81. The minimum absolute atomic E-state index is 0.165. The van der Waals surface area contributed by atoms with Crippen LogP contribution in [0.3, 0.4) is 0 Å². The Morgan fingerprint density at radius 1 is 1.38 bits per heavy atom. The van der Waals surface area contributed by atoms with Crippen LogP contribution in [0.1, 0.15) is 10.4 Å². The Labute approximate surface area is 129 Å². The molecule has 0 aliphatic heterocycles. The summed E-state index contributed by atoms with van der Waals surface area (Å²) in [5.41, 5.74) is 1.12. The van der Waals surface area contributed by atoms with E-state index in [1.807, 2.05) is 18.2 Å². The van der Waals surface area contributed by atoms with Gasteiger partial charge >= 0.3 is 0 Å². The van der Waals surface area contributed by atoms with Crippen LogP contribution in [-0.4, -0.2) is 23.0 Å². The van der Waals surface area contributed by atoms with E-state index in [0.717, 1.165) is 16.0 Å². The number of rotatable bonds is 3. The lowest BCUT2D eigenvalue weighted by Crippen LogP contribution is -2.12. The summed E-state index contributed by atoms with van der Waals surface area (Å²) in [6, 6.07) is 8.81. The zero-order valence-corrected chi connectivity index (χ0v) is 12.5. The zero-order valence-electron chi connectivity index (χ0n) is 11.0. The number of halogens is 1. The minimum Gasteiger partial charge on any atom is -0.497 e. The lowest BCUT2D eigenvalue weighted by atomic mass is 10.3. The Morgan fingerprint density at radius 3 is 3.00 bits per heavy atom. The third-order valence-electron chi connectivity index (χ3n) is 2.82. The van der Waals surface area contributed by atoms with E-state index in [-0.39, 0.29) is 11.1 Å². The fourth-order valence-electron chi connectivity index (χ4n) is 1.81. The van der Waals surface area contributed by atoms with Crippen molar-refractivity contribution in [2.24, 2.45) is 0 Å². The molecule has 2 heterocycles. The Morgan fingerprint density at radius 2 is 2.24 bits per heavy atom. The van der Waals surface area contributed by atoms with Crippen molar-refractivity contribution in [2.45, 2.75) is 0 Å². The quantitative estimate of drug-likeness (QED) is 0.749. The number of fused-ring (bicyclic) bond motifs is 1. The van der Waals surface area contributed by atoms with Crippen LogP contribution >= 0.6 is 22.9 Å². The molecule has 5 nitrogen and oxygen atoms in total. The van der Waals surface area contributed by atoms with Gasteiger partial charge < -0.3 is 4.74 Å². The van der Waals surface area contributed by atoms with E-state index < -0.39 is 0 Å². The highest BCUT2D eigenvalue weighted by Gasteiger charge is 2.13. The molecule has 2 aromatic heterocycles. The first-order valence-electron chi connectivity index (χ1n) is 6.04. The molecule has 0 fully saturated rings. The molecule has 7 heteroatoms. The van der Waals surface area contributed by atoms with Crippen molar-refractivity contribution >= 4 is 44.2 Å². The van der Waals surface area contributed by atoms with Gasteiger partial charge in [0.2, 0.25) is 0 Å². The number of ether oxygens (including phenoxy) is 1. The number of anilines is 1. The molecular formula is C14H10ClN3O2S. The third-order valence-corrected chi connectivity index (χ3v) is 4.05. The van der Waals surface area contributed by atoms with Gasteiger partial charge in [-0.2, -0.15) is 0 Å². The van der Waals surface area contributed by atoms with E-state index in [1.54, 1.807) is 19.2 Å². The summed E-state index contributed by atoms with van der Waals surface area (Å²) in [7, 11) is 1.61. The van der Waals surface area contributed by atoms with E-state index >= 15 is 0 Å². The Kier molecular flexibility index (Phi) is 3.72. The standard InChI is InChI=1S/C14H10ClN3O2S/c1-20-8-4-5-10-11(7-8)21-14(17-10)18-13(19)9-3-2-6-16-12(9)15/h2-7H,1H3,(H,17,18,19). The van der Waals surface area contributed by atoms with Crippen LogP contribution in [0.5, 0.6) is 5.75 Å². The lowest BCUT2D eigenvalue weighted by molar-refractivity contribution is 0.102. The molecule has 0 spiro atoms. The summed E-state index contributed by atoms with van der Waals surface area (Å²) in [4.78, 5) is 20.4. The number of benzene rings is 1. The molecule has 0 aliphatic carbocycles. The van der Waals surface area contributed by atoms with Gasteiger partial charge in [-0.15, -0.1) is 0 Å². The number of nitrogens with zero attached hydrogens (tertiary/aromatic N) is 2. The highest BCUT2D eigenvalue weighted by molar-refractivity contribution is 7.22. The van der Waals surface area contributed by atoms with E-state index in [2.05, 4.69) is 15.3 Å². The number of nitrogens with one attached hydrogen (secondary N) is 1. The molecular weight excluding hydrogens is 310 g/mol. The highest BCUT2D eigenvalue weighted by Crippen LogP contribution is 2.29. The molecule has 0 unspecified atom stereocenters. The number of amides is 1. The number of aromatic nitrogens is 2. The molecule has 0 saturated heterocycles. The molecule has 0 radical (unpaired) electrons. The second-order valence-corrected chi connectivity index (χ2v) is 5.54. The van der Waals surface area contributed by atoms with Crippen molar-refractivity contribution < 1.29 is 9.53 Å². The number of methoxy groups -OCH3 is 1. The van der Waals surface area contributed by atoms with Gasteiger partial charge in [0.25, 0.3) is 5.91 Å². The van der Waals surface area contributed by atoms with E-state index in [4.69, 9.17) is 16.3 Å². The van der Waals surface area contributed by atoms with Crippen molar-refractivity contribution in [3.05, 3.63) is 47.2 Å². The molecule has 1 amide bonds. The molecule has 21 heavy (non-hydrogen) atoms. The molecule has 0 saturated carbocycles. The van der Waals surface area contributed by atoms with Gasteiger partial charge in [0.1, 0.15) is 10.9 Å². The summed E-state index contributed by atoms with van der Waals surface area (Å²) in [6.45, 7) is 0. The number of hydrogen-bond donors (Lipinski definition) is 1. The fraction of sp³-hybridized carbons (Fsp3) is 0.0714. The van der Waals surface area contributed by atoms with Crippen molar-refractivity contribution in [1.29, 1.82) is 0 Å². The first kappa shape index (κ1) is 13.8. The van der Waals surface area contributed by atoms with Crippen molar-refractivity contribution in [1.82, 2.24) is 9.97 Å². The summed E-state index contributed by atoms with van der Waals surface area (Å²) in [5, 5.41) is 3.40. The van der Waals surface area contributed by atoms with Gasteiger partial charge in [0, 0.05) is 6.20 Å². The number of thiazole rings is 1. The van der Waals surface area contributed by atoms with Crippen LogP contribution in [-0.2, 0) is 0 Å². The SMILES string of the molecule is COc1ccc2nc(NC(=O)c3cccnc3Cl)sc2c1. The largest absolute Gasteiger partial charge is 0.497 e. The molecule has 106 valence electrons. The monoisotopic (exact) mass is 319 g/mol. The first-order chi connectivity index (χ1) is 10.2. The van der Waals surface area contributed by atoms with Crippen LogP contribution < -0.4 is 10.1 Å². The average molecular weight is 320 g/mol. The predicted molar refractivity (Wildman–Crippen MR) is 83.4 cm³/mol. The van der Waals surface area contributed by atoms with Gasteiger partial charge in [0.05, 0.1) is 22.9 Å². The molecule has 3 rings (SSSR count). The second-order valence-electron chi connectivity index (χ2n) is 4.15.